The number of nitrogens with two attached hydrogens (primary N) is 1. The first-order chi connectivity index (χ1) is 17.1. The molecule has 8 nitrogen and oxygen atoms in total. The number of rotatable bonds is 7. The van der Waals surface area contributed by atoms with Crippen molar-refractivity contribution >= 4 is 40.1 Å². The highest BCUT2D eigenvalue weighted by Gasteiger charge is 2.25. The zero-order valence-electron chi connectivity index (χ0n) is 19.3. The molecule has 174 valence electrons. The van der Waals surface area contributed by atoms with E-state index in [9.17, 15) is 4.79 Å². The van der Waals surface area contributed by atoms with E-state index >= 15 is 0 Å². The van der Waals surface area contributed by atoms with Crippen molar-refractivity contribution < 1.29 is 4.79 Å². The van der Waals surface area contributed by atoms with Crippen LogP contribution in [-0.2, 0) is 6.42 Å². The Balaban J connectivity index is 1.50. The lowest BCUT2D eigenvalue weighted by atomic mass is 10.1. The fourth-order valence-corrected chi connectivity index (χ4v) is 3.96. The van der Waals surface area contributed by atoms with E-state index in [2.05, 4.69) is 27.5 Å². The van der Waals surface area contributed by atoms with Crippen LogP contribution >= 0.6 is 0 Å². The van der Waals surface area contributed by atoms with Gasteiger partial charge in [-0.25, -0.2) is 9.97 Å². The molecule has 1 unspecified atom stereocenters. The molecule has 3 N–H and O–H groups in total. The summed E-state index contributed by atoms with van der Waals surface area (Å²) in [6.45, 7) is 1.98. The average molecular weight is 464 g/mol. The number of amides is 1. The summed E-state index contributed by atoms with van der Waals surface area (Å²) in [5.41, 5.74) is 11.0. The van der Waals surface area contributed by atoms with E-state index < -0.39 is 0 Å². The number of hydrogen-bond acceptors (Lipinski definition) is 6. The number of aryl methyl sites for hydroxylation is 1. The zero-order chi connectivity index (χ0) is 24.2. The Hall–Kier alpha value is -4.59. The van der Waals surface area contributed by atoms with Crippen molar-refractivity contribution in [1.29, 1.82) is 0 Å². The second kappa shape index (κ2) is 9.72. The van der Waals surface area contributed by atoms with Crippen LogP contribution in [0, 0.1) is 0 Å². The van der Waals surface area contributed by atoms with Gasteiger partial charge in [0.05, 0.1) is 17.2 Å². The van der Waals surface area contributed by atoms with Gasteiger partial charge in [0.2, 0.25) is 0 Å². The van der Waals surface area contributed by atoms with Crippen molar-refractivity contribution in [2.75, 3.05) is 5.73 Å². The normalized spacial score (nSPS) is 12.4. The third-order valence-corrected chi connectivity index (χ3v) is 5.79. The van der Waals surface area contributed by atoms with E-state index in [4.69, 9.17) is 15.7 Å². The quantitative estimate of drug-likeness (QED) is 0.352. The fourth-order valence-electron chi connectivity index (χ4n) is 3.96. The molecule has 0 saturated carbocycles. The molecule has 0 aliphatic carbocycles. The van der Waals surface area contributed by atoms with Gasteiger partial charge in [0.1, 0.15) is 16.9 Å². The minimum atomic E-state index is -0.298. The summed E-state index contributed by atoms with van der Waals surface area (Å²) in [5.74, 6) is -0.115. The number of nitrogens with one attached hydrogen (secondary N) is 1. The standard InChI is InChI=1S/C27H25N7O/c1-18(13-14-19-8-3-2-4-9-19)31-27(35)23-24-26(33-22-12-6-5-11-21(22)32-24)34(25(23)28)30-17-20-10-7-15-29-16-20/h2-12,15-18H,13-14,28H2,1H3,(H,31,35). The van der Waals surface area contributed by atoms with Crippen molar-refractivity contribution in [2.45, 2.75) is 25.8 Å². The second-order valence-corrected chi connectivity index (χ2v) is 8.39. The first-order valence-electron chi connectivity index (χ1n) is 11.5. The van der Waals surface area contributed by atoms with Gasteiger partial charge >= 0.3 is 0 Å². The maximum Gasteiger partial charge on any atom is 0.257 e. The Morgan fingerprint density at radius 1 is 1.06 bits per heavy atom. The number of nitrogen functional groups attached to an aromatic ring is 1. The average Bonchev–Trinajstić information content (AvgIpc) is 3.16. The number of carbonyl (C=O) groups is 1. The topological polar surface area (TPSA) is 111 Å². The molecular weight excluding hydrogens is 438 g/mol. The minimum Gasteiger partial charge on any atom is -0.383 e. The molecule has 3 aromatic heterocycles. The van der Waals surface area contributed by atoms with Crippen LogP contribution < -0.4 is 11.1 Å². The smallest absolute Gasteiger partial charge is 0.257 e. The van der Waals surface area contributed by atoms with Crippen LogP contribution in [0.3, 0.4) is 0 Å². The highest BCUT2D eigenvalue weighted by Crippen LogP contribution is 2.28. The van der Waals surface area contributed by atoms with E-state index in [0.29, 0.717) is 22.2 Å². The van der Waals surface area contributed by atoms with Crippen LogP contribution in [0.15, 0.2) is 84.2 Å². The molecule has 0 aliphatic heterocycles. The van der Waals surface area contributed by atoms with Crippen molar-refractivity contribution in [3.8, 4) is 0 Å². The number of hydrogen-bond donors (Lipinski definition) is 2. The van der Waals surface area contributed by atoms with Crippen LogP contribution in [0.1, 0.15) is 34.8 Å². The summed E-state index contributed by atoms with van der Waals surface area (Å²) in [5, 5.41) is 7.59. The van der Waals surface area contributed by atoms with Crippen LogP contribution in [0.4, 0.5) is 5.82 Å². The molecule has 5 rings (SSSR count). The van der Waals surface area contributed by atoms with E-state index in [-0.39, 0.29) is 23.3 Å². The Bertz CT molecular complexity index is 1510. The Morgan fingerprint density at radius 3 is 2.54 bits per heavy atom. The van der Waals surface area contributed by atoms with Crippen LogP contribution in [-0.4, -0.2) is 37.8 Å². The minimum absolute atomic E-state index is 0.0622. The maximum absolute atomic E-state index is 13.4. The number of fused-ring (bicyclic) bond motifs is 2. The largest absolute Gasteiger partial charge is 0.383 e. The summed E-state index contributed by atoms with van der Waals surface area (Å²) in [6, 6.07) is 21.3. The summed E-state index contributed by atoms with van der Waals surface area (Å²) in [7, 11) is 0. The van der Waals surface area contributed by atoms with Crippen LogP contribution in [0.25, 0.3) is 22.2 Å². The van der Waals surface area contributed by atoms with E-state index in [1.165, 1.54) is 10.2 Å². The number of para-hydroxylation sites is 2. The van der Waals surface area contributed by atoms with Crippen molar-refractivity contribution in [2.24, 2.45) is 5.10 Å². The number of pyridine rings is 1. The van der Waals surface area contributed by atoms with Gasteiger partial charge < -0.3 is 11.1 Å². The molecule has 5 aromatic rings. The monoisotopic (exact) mass is 463 g/mol. The van der Waals surface area contributed by atoms with Gasteiger partial charge in [0.25, 0.3) is 5.91 Å². The maximum atomic E-state index is 13.4. The Labute approximate surface area is 202 Å². The number of aromatic nitrogens is 4. The molecule has 0 bridgehead atoms. The van der Waals surface area contributed by atoms with Crippen molar-refractivity contribution in [3.63, 3.8) is 0 Å². The highest BCUT2D eigenvalue weighted by molar-refractivity contribution is 6.10. The lowest BCUT2D eigenvalue weighted by molar-refractivity contribution is 0.0940. The second-order valence-electron chi connectivity index (χ2n) is 8.39. The molecule has 0 saturated heterocycles. The third-order valence-electron chi connectivity index (χ3n) is 5.79. The molecule has 35 heavy (non-hydrogen) atoms. The predicted molar refractivity (Wildman–Crippen MR) is 138 cm³/mol. The SMILES string of the molecule is CC(CCc1ccccc1)NC(=O)c1c(N)n(N=Cc2cccnc2)c2nc3ccccc3nc12. The highest BCUT2D eigenvalue weighted by atomic mass is 16.1. The van der Waals surface area contributed by atoms with E-state index in [1.54, 1.807) is 18.6 Å². The molecule has 1 atom stereocenters. The predicted octanol–water partition coefficient (Wildman–Crippen LogP) is 4.20. The molecule has 8 heteroatoms. The Kier molecular flexibility index (Phi) is 6.17. The third kappa shape index (κ3) is 4.72. The first kappa shape index (κ1) is 22.2. The molecule has 1 amide bonds. The van der Waals surface area contributed by atoms with Gasteiger partial charge in [0.15, 0.2) is 5.65 Å². The number of nitrogens with zero attached hydrogens (tertiary/aromatic N) is 5. The van der Waals surface area contributed by atoms with E-state index in [1.807, 2.05) is 61.5 Å². The van der Waals surface area contributed by atoms with Crippen molar-refractivity contribution in [3.05, 3.63) is 95.8 Å². The van der Waals surface area contributed by atoms with E-state index in [0.717, 1.165) is 18.4 Å². The summed E-state index contributed by atoms with van der Waals surface area (Å²) in [6.07, 6.45) is 6.66. The number of carbonyl (C=O) groups excluding carboxylic acids is 1. The fraction of sp³-hybridized carbons (Fsp3) is 0.148. The molecule has 0 radical (unpaired) electrons. The lowest BCUT2D eigenvalue weighted by Crippen LogP contribution is -2.33. The van der Waals surface area contributed by atoms with Gasteiger partial charge in [-0.2, -0.15) is 9.78 Å². The lowest BCUT2D eigenvalue weighted by Gasteiger charge is -2.14. The molecule has 3 heterocycles. The Morgan fingerprint density at radius 2 is 1.80 bits per heavy atom. The van der Waals surface area contributed by atoms with Gasteiger partial charge in [0, 0.05) is 24.0 Å². The first-order valence-corrected chi connectivity index (χ1v) is 11.5. The van der Waals surface area contributed by atoms with Gasteiger partial charge in [-0.1, -0.05) is 48.5 Å². The van der Waals surface area contributed by atoms with Crippen LogP contribution in [0.5, 0.6) is 0 Å². The zero-order valence-corrected chi connectivity index (χ0v) is 19.3. The van der Waals surface area contributed by atoms with Crippen LogP contribution in [0.2, 0.25) is 0 Å². The summed E-state index contributed by atoms with van der Waals surface area (Å²) >= 11 is 0. The molecule has 2 aromatic carbocycles. The van der Waals surface area contributed by atoms with Crippen molar-refractivity contribution in [1.82, 2.24) is 24.9 Å². The molecular formula is C27H25N7O. The molecule has 0 fully saturated rings. The summed E-state index contributed by atoms with van der Waals surface area (Å²) < 4.78 is 1.46. The molecule has 0 aliphatic rings. The van der Waals surface area contributed by atoms with Gasteiger partial charge in [-0.15, -0.1) is 0 Å². The number of anilines is 1. The molecule has 0 spiro atoms. The number of benzene rings is 2. The van der Waals surface area contributed by atoms with Gasteiger partial charge in [-0.3, -0.25) is 9.78 Å². The van der Waals surface area contributed by atoms with Gasteiger partial charge in [-0.05, 0) is 43.5 Å². The summed E-state index contributed by atoms with van der Waals surface area (Å²) in [4.78, 5) is 26.9.